The Labute approximate surface area is 74.0 Å². The molecule has 1 heterocycles. The molecule has 0 amide bonds. The van der Waals surface area contributed by atoms with Crippen molar-refractivity contribution in [2.75, 3.05) is 0 Å². The van der Waals surface area contributed by atoms with Crippen LogP contribution >= 0.6 is 0 Å². The van der Waals surface area contributed by atoms with Gasteiger partial charge in [-0.2, -0.15) is 5.26 Å². The number of aromatic nitrogens is 2. The van der Waals surface area contributed by atoms with Gasteiger partial charge in [0.2, 0.25) is 0 Å². The Bertz CT molecular complexity index is 556. The van der Waals surface area contributed by atoms with Gasteiger partial charge in [0.25, 0.3) is 5.56 Å². The lowest BCUT2D eigenvalue weighted by Gasteiger charge is -1.87. The molecule has 0 atom stereocenters. The first kappa shape index (κ1) is 7.62. The predicted octanol–water partition coefficient (Wildman–Crippen LogP) is 0.738. The van der Waals surface area contributed by atoms with Crippen molar-refractivity contribution in [3.63, 3.8) is 0 Å². The van der Waals surface area contributed by atoms with Crippen LogP contribution in [0.1, 0.15) is 5.56 Å². The number of hydrogen-bond donors (Lipinski definition) is 1. The smallest absolute Gasteiger partial charge is 0.274 e. The van der Waals surface area contributed by atoms with Crippen LogP contribution in [0.2, 0.25) is 0 Å². The standard InChI is InChI=1S/C9H7N3O/c1-12-9(13)7-3-2-6(5-10)4-8(7)11-12/h2-4,11H,1H3. The van der Waals surface area contributed by atoms with Crippen LogP contribution in [-0.4, -0.2) is 9.78 Å². The van der Waals surface area contributed by atoms with Crippen molar-refractivity contribution in [3.05, 3.63) is 34.1 Å². The number of rotatable bonds is 0. The molecule has 64 valence electrons. The van der Waals surface area contributed by atoms with Crippen LogP contribution in [0.25, 0.3) is 10.9 Å². The molecule has 0 radical (unpaired) electrons. The number of aromatic amines is 1. The van der Waals surface area contributed by atoms with Crippen molar-refractivity contribution in [1.82, 2.24) is 9.78 Å². The van der Waals surface area contributed by atoms with Crippen LogP contribution in [-0.2, 0) is 7.05 Å². The van der Waals surface area contributed by atoms with Crippen molar-refractivity contribution in [2.24, 2.45) is 7.05 Å². The van der Waals surface area contributed by atoms with E-state index in [0.29, 0.717) is 16.5 Å². The first-order valence-electron chi connectivity index (χ1n) is 3.81. The molecule has 2 rings (SSSR count). The van der Waals surface area contributed by atoms with E-state index in [1.165, 1.54) is 4.68 Å². The molecule has 1 N–H and O–H groups in total. The second kappa shape index (κ2) is 2.49. The molecule has 2 aromatic rings. The number of nitrogens with zero attached hydrogens (tertiary/aromatic N) is 2. The topological polar surface area (TPSA) is 61.6 Å². The van der Waals surface area contributed by atoms with Crippen molar-refractivity contribution < 1.29 is 0 Å². The number of nitrogens with one attached hydrogen (secondary N) is 1. The number of fused-ring (bicyclic) bond motifs is 1. The summed E-state index contributed by atoms with van der Waals surface area (Å²) < 4.78 is 1.39. The van der Waals surface area contributed by atoms with Gasteiger partial charge in [-0.05, 0) is 18.2 Å². The van der Waals surface area contributed by atoms with Crippen LogP contribution in [0.15, 0.2) is 23.0 Å². The molecule has 0 aliphatic rings. The van der Waals surface area contributed by atoms with E-state index in [1.54, 1.807) is 25.2 Å². The van der Waals surface area contributed by atoms with Gasteiger partial charge in [-0.1, -0.05) is 0 Å². The predicted molar refractivity (Wildman–Crippen MR) is 48.3 cm³/mol. The van der Waals surface area contributed by atoms with Gasteiger partial charge in [-0.3, -0.25) is 14.6 Å². The summed E-state index contributed by atoms with van der Waals surface area (Å²) in [6.45, 7) is 0. The van der Waals surface area contributed by atoms with Crippen molar-refractivity contribution in [1.29, 1.82) is 5.26 Å². The zero-order chi connectivity index (χ0) is 9.42. The van der Waals surface area contributed by atoms with E-state index in [1.807, 2.05) is 6.07 Å². The number of aryl methyl sites for hydroxylation is 1. The summed E-state index contributed by atoms with van der Waals surface area (Å²) in [5.41, 5.74) is 1.18. The lowest BCUT2D eigenvalue weighted by Crippen LogP contribution is -2.10. The maximum atomic E-state index is 11.4. The zero-order valence-corrected chi connectivity index (χ0v) is 7.03. The Hall–Kier alpha value is -2.02. The van der Waals surface area contributed by atoms with Crippen LogP contribution < -0.4 is 5.56 Å². The molecule has 13 heavy (non-hydrogen) atoms. The minimum absolute atomic E-state index is 0.0699. The Morgan fingerprint density at radius 2 is 2.31 bits per heavy atom. The molecular formula is C9H7N3O. The van der Waals surface area contributed by atoms with Gasteiger partial charge in [0.1, 0.15) is 0 Å². The van der Waals surface area contributed by atoms with Crippen LogP contribution in [0, 0.1) is 11.3 Å². The highest BCUT2D eigenvalue weighted by Crippen LogP contribution is 2.08. The highest BCUT2D eigenvalue weighted by molar-refractivity contribution is 5.79. The maximum absolute atomic E-state index is 11.4. The Balaban J connectivity index is 2.90. The third-order valence-corrected chi connectivity index (χ3v) is 1.97. The molecule has 1 aromatic heterocycles. The average molecular weight is 173 g/mol. The SMILES string of the molecule is Cn1[nH]c2cc(C#N)ccc2c1=O. The lowest BCUT2D eigenvalue weighted by molar-refractivity contribution is 0.751. The number of hydrogen-bond acceptors (Lipinski definition) is 2. The second-order valence-corrected chi connectivity index (χ2v) is 2.85. The van der Waals surface area contributed by atoms with Gasteiger partial charge in [0.15, 0.2) is 0 Å². The first-order valence-corrected chi connectivity index (χ1v) is 3.81. The summed E-state index contributed by atoms with van der Waals surface area (Å²) in [6, 6.07) is 6.98. The molecule has 0 saturated heterocycles. The summed E-state index contributed by atoms with van der Waals surface area (Å²) in [7, 11) is 1.65. The highest BCUT2D eigenvalue weighted by Gasteiger charge is 2.03. The van der Waals surface area contributed by atoms with E-state index >= 15 is 0 Å². The molecule has 4 heteroatoms. The molecule has 0 fully saturated rings. The van der Waals surface area contributed by atoms with E-state index in [2.05, 4.69) is 5.10 Å². The fourth-order valence-electron chi connectivity index (χ4n) is 1.30. The van der Waals surface area contributed by atoms with E-state index < -0.39 is 0 Å². The van der Waals surface area contributed by atoms with E-state index in [0.717, 1.165) is 0 Å². The zero-order valence-electron chi connectivity index (χ0n) is 7.03. The maximum Gasteiger partial charge on any atom is 0.274 e. The van der Waals surface area contributed by atoms with Crippen molar-refractivity contribution >= 4 is 10.9 Å². The Kier molecular flexibility index (Phi) is 1.46. The van der Waals surface area contributed by atoms with E-state index in [9.17, 15) is 4.79 Å². The summed E-state index contributed by atoms with van der Waals surface area (Å²) in [6.07, 6.45) is 0. The van der Waals surface area contributed by atoms with Crippen LogP contribution in [0.3, 0.4) is 0 Å². The Morgan fingerprint density at radius 1 is 1.54 bits per heavy atom. The minimum Gasteiger partial charge on any atom is -0.295 e. The molecule has 0 saturated carbocycles. The van der Waals surface area contributed by atoms with Crippen LogP contribution in [0.4, 0.5) is 0 Å². The fourth-order valence-corrected chi connectivity index (χ4v) is 1.30. The van der Waals surface area contributed by atoms with Gasteiger partial charge < -0.3 is 0 Å². The summed E-state index contributed by atoms with van der Waals surface area (Å²) in [4.78, 5) is 11.4. The van der Waals surface area contributed by atoms with Gasteiger partial charge >= 0.3 is 0 Å². The molecule has 0 bridgehead atoms. The molecule has 0 aliphatic heterocycles. The van der Waals surface area contributed by atoms with Crippen molar-refractivity contribution in [3.8, 4) is 6.07 Å². The van der Waals surface area contributed by atoms with E-state index in [4.69, 9.17) is 5.26 Å². The fraction of sp³-hybridized carbons (Fsp3) is 0.111. The Morgan fingerprint density at radius 3 is 3.00 bits per heavy atom. The summed E-state index contributed by atoms with van der Waals surface area (Å²) in [5.74, 6) is 0. The molecular weight excluding hydrogens is 166 g/mol. The highest BCUT2D eigenvalue weighted by atomic mass is 16.1. The molecule has 0 spiro atoms. The minimum atomic E-state index is -0.0699. The molecule has 0 aliphatic carbocycles. The van der Waals surface area contributed by atoms with Gasteiger partial charge in [-0.25, -0.2) is 0 Å². The second-order valence-electron chi connectivity index (χ2n) is 2.85. The van der Waals surface area contributed by atoms with Gasteiger partial charge in [0, 0.05) is 7.05 Å². The largest absolute Gasteiger partial charge is 0.295 e. The van der Waals surface area contributed by atoms with Gasteiger partial charge in [0.05, 0.1) is 22.5 Å². The molecule has 1 aromatic carbocycles. The quantitative estimate of drug-likeness (QED) is 0.638. The average Bonchev–Trinajstić information content (AvgIpc) is 2.42. The number of benzene rings is 1. The lowest BCUT2D eigenvalue weighted by atomic mass is 10.2. The van der Waals surface area contributed by atoms with Gasteiger partial charge in [-0.15, -0.1) is 0 Å². The summed E-state index contributed by atoms with van der Waals surface area (Å²) >= 11 is 0. The molecule has 0 unspecified atom stereocenters. The van der Waals surface area contributed by atoms with E-state index in [-0.39, 0.29) is 5.56 Å². The van der Waals surface area contributed by atoms with Crippen molar-refractivity contribution in [2.45, 2.75) is 0 Å². The van der Waals surface area contributed by atoms with Crippen LogP contribution in [0.5, 0.6) is 0 Å². The molecule has 4 nitrogen and oxygen atoms in total. The monoisotopic (exact) mass is 173 g/mol. The first-order chi connectivity index (χ1) is 6.22. The summed E-state index contributed by atoms with van der Waals surface area (Å²) in [5, 5.41) is 12.1. The normalized spacial score (nSPS) is 10.2. The number of H-pyrrole nitrogens is 1. The third-order valence-electron chi connectivity index (χ3n) is 1.97. The third kappa shape index (κ3) is 1.02. The number of nitriles is 1.